The quantitative estimate of drug-likeness (QED) is 0.378. The Morgan fingerprint density at radius 3 is 2.91 bits per heavy atom. The predicted molar refractivity (Wildman–Crippen MR) is 43.2 cm³/mol. The highest BCUT2D eigenvalue weighted by Gasteiger charge is 2.27. The lowest BCUT2D eigenvalue weighted by Crippen LogP contribution is -2.37. The van der Waals surface area contributed by atoms with Crippen molar-refractivity contribution in [3.8, 4) is 0 Å². The van der Waals surface area contributed by atoms with Crippen molar-refractivity contribution >= 4 is 0 Å². The molecule has 0 aliphatic carbocycles. The molecule has 0 bridgehead atoms. The first kappa shape index (κ1) is 8.97. The molecule has 1 N–H and O–H groups in total. The van der Waals surface area contributed by atoms with E-state index in [1.54, 1.807) is 7.11 Å². The predicted octanol–water partition coefficient (Wildman–Crippen LogP) is 1.10. The Bertz CT molecular complexity index is 111. The molecule has 1 fully saturated rings. The van der Waals surface area contributed by atoms with E-state index >= 15 is 0 Å². The molecule has 1 aliphatic heterocycles. The van der Waals surface area contributed by atoms with Gasteiger partial charge in [-0.15, -0.1) is 0 Å². The molecule has 1 saturated heterocycles. The lowest BCUT2D eigenvalue weighted by atomic mass is 9.97. The van der Waals surface area contributed by atoms with Crippen LogP contribution in [0, 0.1) is 0 Å². The third-order valence-electron chi connectivity index (χ3n) is 2.31. The molecule has 0 radical (unpaired) electrons. The van der Waals surface area contributed by atoms with Gasteiger partial charge < -0.3 is 5.32 Å². The summed E-state index contributed by atoms with van der Waals surface area (Å²) < 4.78 is 0. The van der Waals surface area contributed by atoms with Crippen molar-refractivity contribution in [1.29, 1.82) is 0 Å². The molecule has 11 heavy (non-hydrogen) atoms. The summed E-state index contributed by atoms with van der Waals surface area (Å²) in [5.74, 6) is 0. The van der Waals surface area contributed by atoms with Gasteiger partial charge in [0.2, 0.25) is 0 Å². The van der Waals surface area contributed by atoms with Crippen molar-refractivity contribution in [2.45, 2.75) is 31.7 Å². The summed E-state index contributed by atoms with van der Waals surface area (Å²) in [6, 6.07) is 0. The van der Waals surface area contributed by atoms with E-state index in [4.69, 9.17) is 4.89 Å². The summed E-state index contributed by atoms with van der Waals surface area (Å²) in [7, 11) is 1.55. The first-order valence-corrected chi connectivity index (χ1v) is 4.17. The summed E-state index contributed by atoms with van der Waals surface area (Å²) in [4.78, 5) is 9.34. The molecule has 0 saturated carbocycles. The van der Waals surface area contributed by atoms with Gasteiger partial charge in [0.05, 0.1) is 13.7 Å². The molecular formula is C8H17NO2. The highest BCUT2D eigenvalue weighted by molar-refractivity contribution is 4.87. The van der Waals surface area contributed by atoms with E-state index in [0.717, 1.165) is 13.0 Å². The molecule has 0 aromatic carbocycles. The maximum atomic E-state index is 4.82. The normalized spacial score (nSPS) is 31.1. The zero-order valence-corrected chi connectivity index (χ0v) is 7.35. The summed E-state index contributed by atoms with van der Waals surface area (Å²) in [6.45, 7) is 4.06. The van der Waals surface area contributed by atoms with E-state index < -0.39 is 0 Å². The van der Waals surface area contributed by atoms with Gasteiger partial charge in [-0.25, -0.2) is 9.78 Å². The molecule has 66 valence electrons. The Morgan fingerprint density at radius 2 is 2.36 bits per heavy atom. The Labute approximate surface area is 68.0 Å². The molecule has 1 rings (SSSR count). The first-order valence-electron chi connectivity index (χ1n) is 4.17. The van der Waals surface area contributed by atoms with Gasteiger partial charge in [0.25, 0.3) is 0 Å². The van der Waals surface area contributed by atoms with Crippen molar-refractivity contribution in [2.24, 2.45) is 0 Å². The number of hydrogen-bond donors (Lipinski definition) is 1. The van der Waals surface area contributed by atoms with Gasteiger partial charge in [-0.1, -0.05) is 0 Å². The van der Waals surface area contributed by atoms with E-state index in [-0.39, 0.29) is 0 Å². The average Bonchev–Trinajstić information content (AvgIpc) is 2.38. The third kappa shape index (κ3) is 2.77. The molecule has 3 heteroatoms. The SMILES string of the molecule is COOCCC1(C)CCCN1. The number of rotatable bonds is 4. The van der Waals surface area contributed by atoms with Crippen LogP contribution >= 0.6 is 0 Å². The second-order valence-electron chi connectivity index (χ2n) is 3.33. The summed E-state index contributed by atoms with van der Waals surface area (Å²) in [6.07, 6.45) is 3.56. The van der Waals surface area contributed by atoms with Crippen LogP contribution in [-0.2, 0) is 9.78 Å². The van der Waals surface area contributed by atoms with Crippen LogP contribution in [0.3, 0.4) is 0 Å². The zero-order valence-electron chi connectivity index (χ0n) is 7.35. The fourth-order valence-electron chi connectivity index (χ4n) is 1.52. The van der Waals surface area contributed by atoms with Crippen LogP contribution in [-0.4, -0.2) is 25.8 Å². The number of hydrogen-bond acceptors (Lipinski definition) is 3. The second-order valence-corrected chi connectivity index (χ2v) is 3.33. The minimum Gasteiger partial charge on any atom is -0.311 e. The van der Waals surface area contributed by atoms with Gasteiger partial charge in [-0.3, -0.25) is 0 Å². The fraction of sp³-hybridized carbons (Fsp3) is 1.00. The van der Waals surface area contributed by atoms with Gasteiger partial charge in [0.15, 0.2) is 0 Å². The molecule has 3 nitrogen and oxygen atoms in total. The topological polar surface area (TPSA) is 30.5 Å². The van der Waals surface area contributed by atoms with Crippen LogP contribution in [0.5, 0.6) is 0 Å². The van der Waals surface area contributed by atoms with Crippen molar-refractivity contribution in [3.05, 3.63) is 0 Å². The standard InChI is InChI=1S/C8H17NO2/c1-8(4-3-6-9-8)5-7-11-10-2/h9H,3-7H2,1-2H3. The van der Waals surface area contributed by atoms with Crippen LogP contribution in [0.15, 0.2) is 0 Å². The fourth-order valence-corrected chi connectivity index (χ4v) is 1.52. The van der Waals surface area contributed by atoms with Crippen LogP contribution in [0.2, 0.25) is 0 Å². The Morgan fingerprint density at radius 1 is 1.55 bits per heavy atom. The van der Waals surface area contributed by atoms with Crippen LogP contribution in [0.25, 0.3) is 0 Å². The van der Waals surface area contributed by atoms with Crippen LogP contribution < -0.4 is 5.32 Å². The zero-order chi connectivity index (χ0) is 8.16. The largest absolute Gasteiger partial charge is 0.311 e. The molecule has 1 unspecified atom stereocenters. The van der Waals surface area contributed by atoms with Gasteiger partial charge in [0, 0.05) is 5.54 Å². The van der Waals surface area contributed by atoms with Crippen molar-refractivity contribution in [3.63, 3.8) is 0 Å². The molecule has 0 aromatic rings. The maximum absolute atomic E-state index is 4.82. The smallest absolute Gasteiger partial charge is 0.0839 e. The van der Waals surface area contributed by atoms with E-state index in [1.807, 2.05) is 0 Å². The van der Waals surface area contributed by atoms with Gasteiger partial charge in [-0.05, 0) is 32.7 Å². The van der Waals surface area contributed by atoms with E-state index in [1.165, 1.54) is 12.8 Å². The lowest BCUT2D eigenvalue weighted by Gasteiger charge is -2.23. The van der Waals surface area contributed by atoms with Gasteiger partial charge in [0.1, 0.15) is 0 Å². The van der Waals surface area contributed by atoms with Crippen LogP contribution in [0.1, 0.15) is 26.2 Å². The van der Waals surface area contributed by atoms with Crippen molar-refractivity contribution < 1.29 is 9.78 Å². The highest BCUT2D eigenvalue weighted by atomic mass is 17.2. The third-order valence-corrected chi connectivity index (χ3v) is 2.31. The van der Waals surface area contributed by atoms with E-state index in [2.05, 4.69) is 17.1 Å². The Balaban J connectivity index is 2.13. The minimum absolute atomic E-state index is 0.290. The van der Waals surface area contributed by atoms with E-state index in [9.17, 15) is 0 Å². The van der Waals surface area contributed by atoms with E-state index in [0.29, 0.717) is 12.1 Å². The average molecular weight is 159 g/mol. The summed E-state index contributed by atoms with van der Waals surface area (Å²) in [5.41, 5.74) is 0.290. The first-order chi connectivity index (χ1) is 5.27. The highest BCUT2D eigenvalue weighted by Crippen LogP contribution is 2.21. The maximum Gasteiger partial charge on any atom is 0.0839 e. The second kappa shape index (κ2) is 4.04. The molecule has 1 aliphatic rings. The van der Waals surface area contributed by atoms with Crippen LogP contribution in [0.4, 0.5) is 0 Å². The number of nitrogens with one attached hydrogen (secondary N) is 1. The Hall–Kier alpha value is -0.120. The van der Waals surface area contributed by atoms with Gasteiger partial charge in [-0.2, -0.15) is 0 Å². The summed E-state index contributed by atoms with van der Waals surface area (Å²) >= 11 is 0. The molecule has 0 amide bonds. The Kier molecular flexibility index (Phi) is 3.30. The molecular weight excluding hydrogens is 142 g/mol. The van der Waals surface area contributed by atoms with Gasteiger partial charge >= 0.3 is 0 Å². The molecule has 0 spiro atoms. The van der Waals surface area contributed by atoms with Crippen molar-refractivity contribution in [1.82, 2.24) is 5.32 Å². The minimum atomic E-state index is 0.290. The summed E-state index contributed by atoms with van der Waals surface area (Å²) in [5, 5.41) is 3.46. The van der Waals surface area contributed by atoms with Crippen molar-refractivity contribution in [2.75, 3.05) is 20.3 Å². The monoisotopic (exact) mass is 159 g/mol. The molecule has 0 aromatic heterocycles. The molecule has 1 heterocycles. The molecule has 1 atom stereocenters. The lowest BCUT2D eigenvalue weighted by molar-refractivity contribution is -0.274.